The summed E-state index contributed by atoms with van der Waals surface area (Å²) in [5, 5.41) is 10.1. The number of aliphatic hydroxyl groups excluding tert-OH is 1. The van der Waals surface area contributed by atoms with Crippen LogP contribution in [-0.2, 0) is 6.42 Å². The minimum atomic E-state index is -0.464. The van der Waals surface area contributed by atoms with Crippen molar-refractivity contribution in [1.82, 2.24) is 0 Å². The van der Waals surface area contributed by atoms with Gasteiger partial charge in [-0.25, -0.2) is 0 Å². The van der Waals surface area contributed by atoms with Crippen LogP contribution in [0.1, 0.15) is 17.2 Å². The first kappa shape index (κ1) is 12.8. The van der Waals surface area contributed by atoms with Crippen molar-refractivity contribution in [2.24, 2.45) is 0 Å². The Morgan fingerprint density at radius 3 is 2.29 bits per heavy atom. The molecule has 0 heterocycles. The van der Waals surface area contributed by atoms with Crippen LogP contribution in [0.4, 0.5) is 0 Å². The number of hydrogen-bond donors (Lipinski definition) is 1. The maximum atomic E-state index is 10.1. The van der Waals surface area contributed by atoms with Crippen molar-refractivity contribution in [3.63, 3.8) is 0 Å². The molecule has 0 radical (unpaired) electrons. The van der Waals surface area contributed by atoms with Gasteiger partial charge in [0.15, 0.2) is 0 Å². The van der Waals surface area contributed by atoms with Gasteiger partial charge in [-0.1, -0.05) is 56.1 Å². The first-order valence-corrected chi connectivity index (χ1v) is 6.92. The predicted molar refractivity (Wildman–Crippen MR) is 76.9 cm³/mol. The fourth-order valence-electron chi connectivity index (χ4n) is 1.68. The topological polar surface area (TPSA) is 20.2 Å². The quantitative estimate of drug-likeness (QED) is 0.860. The predicted octanol–water partition coefficient (Wildman–Crippen LogP) is 4.49. The second kappa shape index (κ2) is 5.80. The second-order valence-corrected chi connectivity index (χ2v) is 5.73. The van der Waals surface area contributed by atoms with Crippen molar-refractivity contribution in [3.05, 3.63) is 68.6 Å². The first-order valence-electron chi connectivity index (χ1n) is 5.33. The van der Waals surface area contributed by atoms with Gasteiger partial charge in [0, 0.05) is 15.4 Å². The van der Waals surface area contributed by atoms with Gasteiger partial charge >= 0.3 is 0 Å². The number of hydrogen-bond acceptors (Lipinski definition) is 1. The molecule has 1 atom stereocenters. The lowest BCUT2D eigenvalue weighted by Crippen LogP contribution is -2.01. The highest BCUT2D eigenvalue weighted by atomic mass is 79.9. The van der Waals surface area contributed by atoms with Crippen LogP contribution in [0.25, 0.3) is 0 Å². The Hall–Kier alpha value is -0.640. The van der Waals surface area contributed by atoms with Crippen molar-refractivity contribution in [2.75, 3.05) is 0 Å². The van der Waals surface area contributed by atoms with Crippen LogP contribution < -0.4 is 0 Å². The van der Waals surface area contributed by atoms with Gasteiger partial charge in [0.05, 0.1) is 6.10 Å². The number of benzene rings is 2. The highest BCUT2D eigenvalue weighted by molar-refractivity contribution is 9.10. The second-order valence-electron chi connectivity index (χ2n) is 3.90. The van der Waals surface area contributed by atoms with Gasteiger partial charge in [0.1, 0.15) is 0 Å². The first-order chi connectivity index (χ1) is 8.15. The molecule has 0 amide bonds. The molecular formula is C14H12Br2O. The van der Waals surface area contributed by atoms with Crippen LogP contribution in [0.15, 0.2) is 57.5 Å². The maximum Gasteiger partial charge on any atom is 0.0830 e. The van der Waals surface area contributed by atoms with Gasteiger partial charge in [-0.3, -0.25) is 0 Å². The molecule has 88 valence electrons. The summed E-state index contributed by atoms with van der Waals surface area (Å²) in [5.74, 6) is 0. The zero-order valence-electron chi connectivity index (χ0n) is 9.11. The Morgan fingerprint density at radius 2 is 1.65 bits per heavy atom. The molecule has 0 saturated carbocycles. The van der Waals surface area contributed by atoms with Gasteiger partial charge in [-0.05, 0) is 35.4 Å². The lowest BCUT2D eigenvalue weighted by Gasteiger charge is -2.11. The lowest BCUT2D eigenvalue weighted by molar-refractivity contribution is 0.178. The molecule has 1 unspecified atom stereocenters. The van der Waals surface area contributed by atoms with E-state index in [0.717, 1.165) is 20.1 Å². The van der Waals surface area contributed by atoms with Gasteiger partial charge in [0.25, 0.3) is 0 Å². The van der Waals surface area contributed by atoms with Crippen molar-refractivity contribution in [1.29, 1.82) is 0 Å². The summed E-state index contributed by atoms with van der Waals surface area (Å²) in [6.45, 7) is 0. The van der Waals surface area contributed by atoms with Crippen LogP contribution in [-0.4, -0.2) is 5.11 Å². The van der Waals surface area contributed by atoms with Crippen LogP contribution >= 0.6 is 31.9 Å². The largest absolute Gasteiger partial charge is 0.388 e. The summed E-state index contributed by atoms with van der Waals surface area (Å²) in [4.78, 5) is 0. The number of rotatable bonds is 3. The Kier molecular flexibility index (Phi) is 4.37. The smallest absolute Gasteiger partial charge is 0.0830 e. The SMILES string of the molecule is OC(Cc1ccc(Br)cc1)c1cccc(Br)c1. The normalized spacial score (nSPS) is 12.4. The molecule has 0 aliphatic heterocycles. The molecule has 17 heavy (non-hydrogen) atoms. The molecule has 0 aromatic heterocycles. The van der Waals surface area contributed by atoms with E-state index >= 15 is 0 Å². The van der Waals surface area contributed by atoms with E-state index in [2.05, 4.69) is 31.9 Å². The van der Waals surface area contributed by atoms with Gasteiger partial charge in [0.2, 0.25) is 0 Å². The average molecular weight is 356 g/mol. The standard InChI is InChI=1S/C14H12Br2O/c15-12-6-4-10(5-7-12)8-14(17)11-2-1-3-13(16)9-11/h1-7,9,14,17H,8H2. The van der Waals surface area contributed by atoms with Crippen molar-refractivity contribution < 1.29 is 5.11 Å². The molecule has 2 rings (SSSR count). The van der Waals surface area contributed by atoms with Crippen LogP contribution in [0, 0.1) is 0 Å². The zero-order chi connectivity index (χ0) is 12.3. The molecule has 1 N–H and O–H groups in total. The lowest BCUT2D eigenvalue weighted by atomic mass is 10.0. The molecule has 3 heteroatoms. The van der Waals surface area contributed by atoms with E-state index in [1.165, 1.54) is 0 Å². The Bertz CT molecular complexity index is 494. The highest BCUT2D eigenvalue weighted by Gasteiger charge is 2.08. The Balaban J connectivity index is 2.11. The average Bonchev–Trinajstić information content (AvgIpc) is 2.32. The van der Waals surface area contributed by atoms with E-state index in [4.69, 9.17) is 0 Å². The van der Waals surface area contributed by atoms with E-state index in [1.54, 1.807) is 0 Å². The van der Waals surface area contributed by atoms with Crippen molar-refractivity contribution >= 4 is 31.9 Å². The summed E-state index contributed by atoms with van der Waals surface area (Å²) in [5.41, 5.74) is 2.06. The molecule has 0 aliphatic carbocycles. The summed E-state index contributed by atoms with van der Waals surface area (Å²) < 4.78 is 2.04. The van der Waals surface area contributed by atoms with E-state index in [0.29, 0.717) is 6.42 Å². The van der Waals surface area contributed by atoms with E-state index in [1.807, 2.05) is 48.5 Å². The van der Waals surface area contributed by atoms with E-state index in [-0.39, 0.29) is 0 Å². The van der Waals surface area contributed by atoms with Crippen LogP contribution in [0.3, 0.4) is 0 Å². The number of aliphatic hydroxyl groups is 1. The molecule has 2 aromatic carbocycles. The third kappa shape index (κ3) is 3.66. The summed E-state index contributed by atoms with van der Waals surface area (Å²) in [7, 11) is 0. The molecule has 1 nitrogen and oxygen atoms in total. The minimum Gasteiger partial charge on any atom is -0.388 e. The molecule has 0 bridgehead atoms. The van der Waals surface area contributed by atoms with Crippen molar-refractivity contribution in [3.8, 4) is 0 Å². The van der Waals surface area contributed by atoms with Gasteiger partial charge in [-0.2, -0.15) is 0 Å². The zero-order valence-corrected chi connectivity index (χ0v) is 12.3. The molecule has 0 spiro atoms. The Labute approximate surface area is 118 Å². The highest BCUT2D eigenvalue weighted by Crippen LogP contribution is 2.22. The number of halogens is 2. The Morgan fingerprint density at radius 1 is 0.941 bits per heavy atom. The maximum absolute atomic E-state index is 10.1. The van der Waals surface area contributed by atoms with Crippen molar-refractivity contribution in [2.45, 2.75) is 12.5 Å². The minimum absolute atomic E-state index is 0.464. The van der Waals surface area contributed by atoms with Crippen LogP contribution in [0.2, 0.25) is 0 Å². The van der Waals surface area contributed by atoms with E-state index < -0.39 is 6.10 Å². The van der Waals surface area contributed by atoms with E-state index in [9.17, 15) is 5.11 Å². The fraction of sp³-hybridized carbons (Fsp3) is 0.143. The molecule has 0 aliphatic rings. The molecule has 2 aromatic rings. The summed E-state index contributed by atoms with van der Waals surface area (Å²) in [6, 6.07) is 15.8. The molecular weight excluding hydrogens is 344 g/mol. The van der Waals surface area contributed by atoms with Gasteiger partial charge < -0.3 is 5.11 Å². The van der Waals surface area contributed by atoms with Crippen LogP contribution in [0.5, 0.6) is 0 Å². The fourth-order valence-corrected chi connectivity index (χ4v) is 2.36. The van der Waals surface area contributed by atoms with Gasteiger partial charge in [-0.15, -0.1) is 0 Å². The summed E-state index contributed by atoms with van der Waals surface area (Å²) >= 11 is 6.81. The summed E-state index contributed by atoms with van der Waals surface area (Å²) in [6.07, 6.45) is 0.165. The monoisotopic (exact) mass is 354 g/mol. The molecule has 0 saturated heterocycles. The third-order valence-electron chi connectivity index (χ3n) is 2.58. The third-order valence-corrected chi connectivity index (χ3v) is 3.60. The molecule has 0 fully saturated rings.